The van der Waals surface area contributed by atoms with Gasteiger partial charge in [-0.25, -0.2) is 4.98 Å². The maximum absolute atomic E-state index is 12.2. The number of nitrogens with zero attached hydrogens (tertiary/aromatic N) is 3. The minimum absolute atomic E-state index is 0.0219. The lowest BCUT2D eigenvalue weighted by molar-refractivity contribution is 0.0780. The lowest BCUT2D eigenvalue weighted by Crippen LogP contribution is -2.27. The van der Waals surface area contributed by atoms with Crippen LogP contribution in [0.1, 0.15) is 16.2 Å². The molecule has 0 unspecified atom stereocenters. The van der Waals surface area contributed by atoms with E-state index in [1.165, 1.54) is 0 Å². The molecule has 0 saturated carbocycles. The molecule has 1 aromatic heterocycles. The van der Waals surface area contributed by atoms with Crippen LogP contribution in [0.3, 0.4) is 0 Å². The number of hydrogen-bond acceptors (Lipinski definition) is 3. The molecule has 1 heterocycles. The van der Waals surface area contributed by atoms with E-state index in [1.54, 1.807) is 30.3 Å². The van der Waals surface area contributed by atoms with E-state index >= 15 is 0 Å². The first kappa shape index (κ1) is 12.7. The molecule has 1 amide bonds. The van der Waals surface area contributed by atoms with Crippen LogP contribution < -0.4 is 0 Å². The second-order valence-electron chi connectivity index (χ2n) is 4.16. The van der Waals surface area contributed by atoms with Gasteiger partial charge in [0.1, 0.15) is 5.82 Å². The SMILES string of the molecule is CN(Cc1nccn1C)C(=O)c1ccc(S)cc1. The first-order valence-corrected chi connectivity index (χ1v) is 6.03. The Hall–Kier alpha value is -1.75. The number of carbonyl (C=O) groups excluding carboxylic acids is 1. The molecule has 0 aliphatic rings. The average molecular weight is 261 g/mol. The quantitative estimate of drug-likeness (QED) is 0.858. The van der Waals surface area contributed by atoms with Crippen LogP contribution in [0.15, 0.2) is 41.6 Å². The predicted octanol–water partition coefficient (Wildman–Crippen LogP) is 1.98. The summed E-state index contributed by atoms with van der Waals surface area (Å²) < 4.78 is 1.90. The van der Waals surface area contributed by atoms with E-state index in [2.05, 4.69) is 17.6 Å². The molecule has 0 aliphatic carbocycles. The van der Waals surface area contributed by atoms with Gasteiger partial charge in [-0.15, -0.1) is 12.6 Å². The molecular weight excluding hydrogens is 246 g/mol. The van der Waals surface area contributed by atoms with Crippen LogP contribution in [0.4, 0.5) is 0 Å². The molecule has 0 radical (unpaired) electrons. The van der Waals surface area contributed by atoms with Crippen molar-refractivity contribution >= 4 is 18.5 Å². The fraction of sp³-hybridized carbons (Fsp3) is 0.231. The van der Waals surface area contributed by atoms with Crippen molar-refractivity contribution in [1.29, 1.82) is 0 Å². The fourth-order valence-electron chi connectivity index (χ4n) is 1.66. The van der Waals surface area contributed by atoms with Crippen molar-refractivity contribution < 1.29 is 4.79 Å². The summed E-state index contributed by atoms with van der Waals surface area (Å²) in [6.07, 6.45) is 3.59. The lowest BCUT2D eigenvalue weighted by atomic mass is 10.2. The number of imidazole rings is 1. The van der Waals surface area contributed by atoms with Crippen molar-refractivity contribution in [2.24, 2.45) is 7.05 Å². The number of amides is 1. The van der Waals surface area contributed by atoms with Crippen LogP contribution in [0.2, 0.25) is 0 Å². The smallest absolute Gasteiger partial charge is 0.254 e. The van der Waals surface area contributed by atoms with E-state index in [0.29, 0.717) is 12.1 Å². The standard InChI is InChI=1S/C13H15N3OS/c1-15-8-7-14-12(15)9-16(2)13(17)10-3-5-11(18)6-4-10/h3-8,18H,9H2,1-2H3. The maximum atomic E-state index is 12.2. The van der Waals surface area contributed by atoms with E-state index in [-0.39, 0.29) is 5.91 Å². The second kappa shape index (κ2) is 5.27. The number of benzene rings is 1. The first-order chi connectivity index (χ1) is 8.58. The molecule has 0 bridgehead atoms. The Kier molecular flexibility index (Phi) is 3.72. The van der Waals surface area contributed by atoms with Crippen molar-refractivity contribution in [3.05, 3.63) is 48.0 Å². The van der Waals surface area contributed by atoms with Crippen LogP contribution in [0.5, 0.6) is 0 Å². The highest BCUT2D eigenvalue weighted by atomic mass is 32.1. The summed E-state index contributed by atoms with van der Waals surface area (Å²) in [6.45, 7) is 0.491. The molecule has 0 saturated heterocycles. The largest absolute Gasteiger partial charge is 0.337 e. The predicted molar refractivity (Wildman–Crippen MR) is 72.7 cm³/mol. The Labute approximate surface area is 112 Å². The first-order valence-electron chi connectivity index (χ1n) is 5.58. The number of hydrogen-bond donors (Lipinski definition) is 1. The molecule has 18 heavy (non-hydrogen) atoms. The van der Waals surface area contributed by atoms with E-state index in [0.717, 1.165) is 10.7 Å². The van der Waals surface area contributed by atoms with Crippen LogP contribution in [-0.4, -0.2) is 27.4 Å². The Morgan fingerprint density at radius 1 is 1.39 bits per heavy atom. The average Bonchev–Trinajstić information content (AvgIpc) is 2.75. The van der Waals surface area contributed by atoms with Crippen LogP contribution in [0, 0.1) is 0 Å². The summed E-state index contributed by atoms with van der Waals surface area (Å²) in [5.41, 5.74) is 0.657. The Morgan fingerprint density at radius 3 is 2.61 bits per heavy atom. The molecule has 5 heteroatoms. The molecular formula is C13H15N3OS. The summed E-state index contributed by atoms with van der Waals surface area (Å²) >= 11 is 4.20. The van der Waals surface area contributed by atoms with Gasteiger partial charge in [0.25, 0.3) is 5.91 Å². The van der Waals surface area contributed by atoms with Gasteiger partial charge < -0.3 is 9.47 Å². The number of carbonyl (C=O) groups is 1. The van der Waals surface area contributed by atoms with E-state index < -0.39 is 0 Å². The Morgan fingerprint density at radius 2 is 2.06 bits per heavy atom. The molecule has 1 aromatic carbocycles. The molecule has 4 nitrogen and oxygen atoms in total. The highest BCUT2D eigenvalue weighted by Crippen LogP contribution is 2.11. The normalized spacial score (nSPS) is 10.4. The van der Waals surface area contributed by atoms with Gasteiger partial charge >= 0.3 is 0 Å². The molecule has 0 aliphatic heterocycles. The Balaban J connectivity index is 2.09. The molecule has 94 valence electrons. The van der Waals surface area contributed by atoms with E-state index in [4.69, 9.17) is 0 Å². The molecule has 2 aromatic rings. The van der Waals surface area contributed by atoms with Crippen LogP contribution >= 0.6 is 12.6 Å². The monoisotopic (exact) mass is 261 g/mol. The summed E-state index contributed by atoms with van der Waals surface area (Å²) in [5, 5.41) is 0. The van der Waals surface area contributed by atoms with E-state index in [1.807, 2.05) is 29.9 Å². The number of rotatable bonds is 3. The molecule has 0 atom stereocenters. The lowest BCUT2D eigenvalue weighted by Gasteiger charge is -2.17. The minimum atomic E-state index is -0.0219. The molecule has 2 rings (SSSR count). The third kappa shape index (κ3) is 2.73. The number of aromatic nitrogens is 2. The highest BCUT2D eigenvalue weighted by molar-refractivity contribution is 7.80. The van der Waals surface area contributed by atoms with Crippen molar-refractivity contribution in [2.45, 2.75) is 11.4 Å². The van der Waals surface area contributed by atoms with E-state index in [9.17, 15) is 4.79 Å². The van der Waals surface area contributed by atoms with Crippen molar-refractivity contribution in [2.75, 3.05) is 7.05 Å². The number of aryl methyl sites for hydroxylation is 1. The summed E-state index contributed by atoms with van der Waals surface area (Å²) in [5.74, 6) is 0.836. The van der Waals surface area contributed by atoms with Gasteiger partial charge in [-0.3, -0.25) is 4.79 Å². The maximum Gasteiger partial charge on any atom is 0.254 e. The highest BCUT2D eigenvalue weighted by Gasteiger charge is 2.13. The third-order valence-electron chi connectivity index (χ3n) is 2.76. The van der Waals surface area contributed by atoms with Crippen LogP contribution in [0.25, 0.3) is 0 Å². The second-order valence-corrected chi connectivity index (χ2v) is 4.68. The number of thiol groups is 1. The molecule has 0 N–H and O–H groups in total. The van der Waals surface area contributed by atoms with Gasteiger partial charge in [0.15, 0.2) is 0 Å². The zero-order chi connectivity index (χ0) is 13.1. The zero-order valence-corrected chi connectivity index (χ0v) is 11.3. The summed E-state index contributed by atoms with van der Waals surface area (Å²) in [4.78, 5) is 18.9. The Bertz CT molecular complexity index is 548. The third-order valence-corrected chi connectivity index (χ3v) is 3.06. The van der Waals surface area contributed by atoms with Crippen molar-refractivity contribution in [3.63, 3.8) is 0 Å². The zero-order valence-electron chi connectivity index (χ0n) is 10.4. The topological polar surface area (TPSA) is 38.1 Å². The van der Waals surface area contributed by atoms with Gasteiger partial charge in [-0.1, -0.05) is 0 Å². The van der Waals surface area contributed by atoms with Gasteiger partial charge in [-0.05, 0) is 24.3 Å². The van der Waals surface area contributed by atoms with Gasteiger partial charge in [0.05, 0.1) is 6.54 Å². The van der Waals surface area contributed by atoms with Crippen molar-refractivity contribution in [1.82, 2.24) is 14.5 Å². The van der Waals surface area contributed by atoms with Crippen LogP contribution in [-0.2, 0) is 13.6 Å². The van der Waals surface area contributed by atoms with Crippen molar-refractivity contribution in [3.8, 4) is 0 Å². The molecule has 0 spiro atoms. The van der Waals surface area contributed by atoms with Gasteiger partial charge in [0, 0.05) is 36.9 Å². The fourth-order valence-corrected chi connectivity index (χ4v) is 1.81. The molecule has 0 fully saturated rings. The van der Waals surface area contributed by atoms with Gasteiger partial charge in [0.2, 0.25) is 0 Å². The van der Waals surface area contributed by atoms with Gasteiger partial charge in [-0.2, -0.15) is 0 Å². The summed E-state index contributed by atoms with van der Waals surface area (Å²) in [7, 11) is 3.68. The summed E-state index contributed by atoms with van der Waals surface area (Å²) in [6, 6.07) is 7.18. The minimum Gasteiger partial charge on any atom is -0.337 e.